The molecular formula is C15H28N4O. The summed E-state index contributed by atoms with van der Waals surface area (Å²) in [6.07, 6.45) is 8.90. The van der Waals surface area contributed by atoms with Gasteiger partial charge in [0.15, 0.2) is 0 Å². The lowest BCUT2D eigenvalue weighted by Crippen LogP contribution is -2.46. The van der Waals surface area contributed by atoms with Crippen molar-refractivity contribution in [3.63, 3.8) is 0 Å². The van der Waals surface area contributed by atoms with E-state index in [2.05, 4.69) is 26.0 Å². The van der Waals surface area contributed by atoms with Crippen molar-refractivity contribution >= 4 is 5.95 Å². The monoisotopic (exact) mass is 280 g/mol. The summed E-state index contributed by atoms with van der Waals surface area (Å²) in [7, 11) is 2.03. The average molecular weight is 280 g/mol. The minimum atomic E-state index is 0.571. The SMILES string of the molecule is CCOCCCn1ccnc1N1CCCCC1CNC. The van der Waals surface area contributed by atoms with E-state index >= 15 is 0 Å². The lowest BCUT2D eigenvalue weighted by molar-refractivity contribution is 0.141. The van der Waals surface area contributed by atoms with Crippen LogP contribution in [0, 0.1) is 0 Å². The van der Waals surface area contributed by atoms with E-state index in [0.717, 1.165) is 45.2 Å². The van der Waals surface area contributed by atoms with Crippen LogP contribution >= 0.6 is 0 Å². The maximum absolute atomic E-state index is 5.42. The number of aromatic nitrogens is 2. The van der Waals surface area contributed by atoms with Gasteiger partial charge in [0.1, 0.15) is 0 Å². The van der Waals surface area contributed by atoms with Gasteiger partial charge in [0, 0.05) is 51.3 Å². The molecule has 0 saturated carbocycles. The lowest BCUT2D eigenvalue weighted by Gasteiger charge is -2.36. The molecule has 0 radical (unpaired) electrons. The lowest BCUT2D eigenvalue weighted by atomic mass is 10.0. The molecule has 114 valence electrons. The Balaban J connectivity index is 1.97. The summed E-state index contributed by atoms with van der Waals surface area (Å²) in [6, 6.07) is 0.571. The molecule has 1 unspecified atom stereocenters. The fraction of sp³-hybridized carbons (Fsp3) is 0.800. The van der Waals surface area contributed by atoms with Gasteiger partial charge in [0.2, 0.25) is 5.95 Å². The Morgan fingerprint density at radius 3 is 3.15 bits per heavy atom. The van der Waals surface area contributed by atoms with Crippen molar-refractivity contribution in [2.45, 2.75) is 45.2 Å². The van der Waals surface area contributed by atoms with Gasteiger partial charge in [0.25, 0.3) is 0 Å². The van der Waals surface area contributed by atoms with Crippen LogP contribution in [0.15, 0.2) is 12.4 Å². The molecule has 1 aliphatic rings. The predicted molar refractivity (Wildman–Crippen MR) is 82.2 cm³/mol. The molecule has 0 aliphatic carbocycles. The third-order valence-electron chi connectivity index (χ3n) is 3.91. The zero-order valence-electron chi connectivity index (χ0n) is 12.8. The Kier molecular flexibility index (Phi) is 6.33. The van der Waals surface area contributed by atoms with Crippen molar-refractivity contribution in [1.29, 1.82) is 0 Å². The summed E-state index contributed by atoms with van der Waals surface area (Å²) in [5.41, 5.74) is 0. The van der Waals surface area contributed by atoms with E-state index in [1.807, 2.05) is 20.2 Å². The number of aryl methyl sites for hydroxylation is 1. The van der Waals surface area contributed by atoms with Gasteiger partial charge in [-0.05, 0) is 39.7 Å². The zero-order valence-corrected chi connectivity index (χ0v) is 12.8. The van der Waals surface area contributed by atoms with Crippen molar-refractivity contribution in [3.05, 3.63) is 12.4 Å². The Labute approximate surface area is 122 Å². The molecule has 5 heteroatoms. The number of nitrogens with one attached hydrogen (secondary N) is 1. The van der Waals surface area contributed by atoms with Gasteiger partial charge < -0.3 is 19.5 Å². The van der Waals surface area contributed by atoms with Crippen LogP contribution in [-0.4, -0.2) is 48.9 Å². The third-order valence-corrected chi connectivity index (χ3v) is 3.91. The van der Waals surface area contributed by atoms with Crippen molar-refractivity contribution in [3.8, 4) is 0 Å². The normalized spacial score (nSPS) is 19.5. The van der Waals surface area contributed by atoms with Gasteiger partial charge in [-0.15, -0.1) is 0 Å². The number of piperidine rings is 1. The maximum Gasteiger partial charge on any atom is 0.205 e. The molecule has 1 saturated heterocycles. The van der Waals surface area contributed by atoms with Gasteiger partial charge in [-0.25, -0.2) is 4.98 Å². The highest BCUT2D eigenvalue weighted by atomic mass is 16.5. The second-order valence-corrected chi connectivity index (χ2v) is 5.37. The summed E-state index contributed by atoms with van der Waals surface area (Å²) in [5.74, 6) is 1.13. The van der Waals surface area contributed by atoms with Crippen molar-refractivity contribution < 1.29 is 4.74 Å². The Bertz CT molecular complexity index is 378. The molecule has 1 N–H and O–H groups in total. The van der Waals surface area contributed by atoms with Crippen LogP contribution < -0.4 is 10.2 Å². The largest absolute Gasteiger partial charge is 0.382 e. The number of imidazole rings is 1. The van der Waals surface area contributed by atoms with Gasteiger partial charge in [-0.1, -0.05) is 0 Å². The van der Waals surface area contributed by atoms with Crippen LogP contribution in [0.4, 0.5) is 5.95 Å². The highest BCUT2D eigenvalue weighted by Gasteiger charge is 2.24. The third kappa shape index (κ3) is 3.96. The molecule has 1 aliphatic heterocycles. The molecule has 0 aromatic carbocycles. The number of anilines is 1. The Morgan fingerprint density at radius 2 is 2.35 bits per heavy atom. The molecule has 0 amide bonds. The zero-order chi connectivity index (χ0) is 14.2. The number of nitrogens with zero attached hydrogens (tertiary/aromatic N) is 3. The van der Waals surface area contributed by atoms with Crippen molar-refractivity contribution in [2.75, 3.05) is 38.3 Å². The molecule has 20 heavy (non-hydrogen) atoms. The second kappa shape index (κ2) is 8.27. The van der Waals surface area contributed by atoms with E-state index < -0.39 is 0 Å². The minimum Gasteiger partial charge on any atom is -0.382 e. The number of rotatable bonds is 8. The molecule has 1 aromatic rings. The summed E-state index contributed by atoms with van der Waals surface area (Å²) >= 11 is 0. The van der Waals surface area contributed by atoms with E-state index in [1.54, 1.807) is 0 Å². The van der Waals surface area contributed by atoms with Crippen LogP contribution in [-0.2, 0) is 11.3 Å². The number of likely N-dealkylation sites (N-methyl/N-ethyl adjacent to an activating group) is 1. The van der Waals surface area contributed by atoms with E-state index in [9.17, 15) is 0 Å². The predicted octanol–water partition coefficient (Wildman–Crippen LogP) is 1.89. The van der Waals surface area contributed by atoms with E-state index in [1.165, 1.54) is 19.3 Å². The standard InChI is InChI=1S/C15H28N4O/c1-3-20-12-6-9-18-11-8-17-15(18)19-10-5-4-7-14(19)13-16-2/h8,11,14,16H,3-7,9-10,12-13H2,1-2H3. The van der Waals surface area contributed by atoms with E-state index in [4.69, 9.17) is 4.74 Å². The number of hydrogen-bond acceptors (Lipinski definition) is 4. The molecule has 0 bridgehead atoms. The molecule has 1 fully saturated rings. The molecule has 2 rings (SSSR count). The molecule has 2 heterocycles. The molecular weight excluding hydrogens is 252 g/mol. The summed E-state index contributed by atoms with van der Waals surface area (Å²) < 4.78 is 7.69. The highest BCUT2D eigenvalue weighted by Crippen LogP contribution is 2.23. The summed E-state index contributed by atoms with van der Waals surface area (Å²) in [4.78, 5) is 7.06. The topological polar surface area (TPSA) is 42.3 Å². The summed E-state index contributed by atoms with van der Waals surface area (Å²) in [5, 5.41) is 3.31. The fourth-order valence-corrected chi connectivity index (χ4v) is 2.93. The first kappa shape index (κ1) is 15.3. The first-order chi connectivity index (χ1) is 9.86. The van der Waals surface area contributed by atoms with E-state index in [-0.39, 0.29) is 0 Å². The smallest absolute Gasteiger partial charge is 0.205 e. The molecule has 5 nitrogen and oxygen atoms in total. The van der Waals surface area contributed by atoms with Crippen LogP contribution in [0.2, 0.25) is 0 Å². The van der Waals surface area contributed by atoms with Gasteiger partial charge in [-0.3, -0.25) is 0 Å². The molecule has 1 aromatic heterocycles. The number of ether oxygens (including phenoxy) is 1. The Morgan fingerprint density at radius 1 is 1.45 bits per heavy atom. The van der Waals surface area contributed by atoms with Crippen LogP contribution in [0.3, 0.4) is 0 Å². The maximum atomic E-state index is 5.42. The first-order valence-corrected chi connectivity index (χ1v) is 7.87. The first-order valence-electron chi connectivity index (χ1n) is 7.87. The minimum absolute atomic E-state index is 0.571. The van der Waals surface area contributed by atoms with Gasteiger partial charge in [-0.2, -0.15) is 0 Å². The van der Waals surface area contributed by atoms with Gasteiger partial charge in [0.05, 0.1) is 0 Å². The average Bonchev–Trinajstić information content (AvgIpc) is 2.93. The fourth-order valence-electron chi connectivity index (χ4n) is 2.93. The van der Waals surface area contributed by atoms with Crippen LogP contribution in [0.1, 0.15) is 32.6 Å². The van der Waals surface area contributed by atoms with Crippen molar-refractivity contribution in [2.24, 2.45) is 0 Å². The van der Waals surface area contributed by atoms with Crippen LogP contribution in [0.5, 0.6) is 0 Å². The van der Waals surface area contributed by atoms with Crippen molar-refractivity contribution in [1.82, 2.24) is 14.9 Å². The van der Waals surface area contributed by atoms with Crippen LogP contribution in [0.25, 0.3) is 0 Å². The van der Waals surface area contributed by atoms with E-state index in [0.29, 0.717) is 6.04 Å². The molecule has 1 atom stereocenters. The highest BCUT2D eigenvalue weighted by molar-refractivity contribution is 5.34. The summed E-state index contributed by atoms with van der Waals surface area (Å²) in [6.45, 7) is 6.80. The quantitative estimate of drug-likeness (QED) is 0.738. The Hall–Kier alpha value is -1.07. The van der Waals surface area contributed by atoms with Gasteiger partial charge >= 0.3 is 0 Å². The molecule has 0 spiro atoms. The second-order valence-electron chi connectivity index (χ2n) is 5.37. The number of hydrogen-bond donors (Lipinski definition) is 1.